The van der Waals surface area contributed by atoms with Gasteiger partial charge in [0.25, 0.3) is 5.56 Å². The number of carbonyl (C=O) groups is 1. The van der Waals surface area contributed by atoms with Gasteiger partial charge in [-0.15, -0.1) is 11.3 Å². The van der Waals surface area contributed by atoms with Gasteiger partial charge in [0, 0.05) is 24.9 Å². The third-order valence-electron chi connectivity index (χ3n) is 3.89. The summed E-state index contributed by atoms with van der Waals surface area (Å²) in [5.41, 5.74) is 2.44. The van der Waals surface area contributed by atoms with Crippen LogP contribution in [0, 0.1) is 0 Å². The van der Waals surface area contributed by atoms with Crippen LogP contribution in [-0.4, -0.2) is 27.9 Å². The monoisotopic (exact) mass is 330 g/mol. The summed E-state index contributed by atoms with van der Waals surface area (Å²) in [7, 11) is 1.69. The zero-order valence-corrected chi connectivity index (χ0v) is 13.9. The molecule has 0 radical (unpaired) electrons. The summed E-state index contributed by atoms with van der Waals surface area (Å²) < 4.78 is 0. The predicted octanol–water partition coefficient (Wildman–Crippen LogP) is 2.26. The lowest BCUT2D eigenvalue weighted by atomic mass is 9.97. The first-order chi connectivity index (χ1) is 11.0. The Labute approximate surface area is 137 Å². The maximum atomic E-state index is 12.1. The van der Waals surface area contributed by atoms with Crippen molar-refractivity contribution in [2.75, 3.05) is 11.9 Å². The number of H-pyrrole nitrogens is 1. The highest BCUT2D eigenvalue weighted by molar-refractivity contribution is 7.14. The molecule has 120 valence electrons. The average Bonchev–Trinajstić information content (AvgIpc) is 3.01. The normalized spacial score (nSPS) is 14.0. The second-order valence-electron chi connectivity index (χ2n) is 5.55. The Morgan fingerprint density at radius 3 is 2.87 bits per heavy atom. The van der Waals surface area contributed by atoms with Crippen LogP contribution in [0.3, 0.4) is 0 Å². The van der Waals surface area contributed by atoms with Crippen LogP contribution in [0.1, 0.15) is 42.5 Å². The standard InChI is InChI=1S/C16H18N4O2S/c1-10(21)20(2)16-17-11(9-23-16)7-8-14-18-13-6-4-3-5-12(13)15(22)19-14/h7-9H,3-6H2,1-2H3,(H,18,19,22)/b8-7+. The van der Waals surface area contributed by atoms with E-state index in [4.69, 9.17) is 0 Å². The molecule has 3 rings (SSSR count). The third kappa shape index (κ3) is 3.39. The lowest BCUT2D eigenvalue weighted by Gasteiger charge is -2.13. The van der Waals surface area contributed by atoms with Crippen molar-refractivity contribution in [3.8, 4) is 0 Å². The van der Waals surface area contributed by atoms with Crippen LogP contribution in [-0.2, 0) is 17.6 Å². The van der Waals surface area contributed by atoms with Gasteiger partial charge >= 0.3 is 0 Å². The van der Waals surface area contributed by atoms with E-state index >= 15 is 0 Å². The summed E-state index contributed by atoms with van der Waals surface area (Å²) in [6.45, 7) is 1.50. The van der Waals surface area contributed by atoms with E-state index in [-0.39, 0.29) is 11.5 Å². The van der Waals surface area contributed by atoms with Gasteiger partial charge in [0.05, 0.1) is 11.4 Å². The number of nitrogens with one attached hydrogen (secondary N) is 1. The van der Waals surface area contributed by atoms with Gasteiger partial charge in [0.2, 0.25) is 5.91 Å². The van der Waals surface area contributed by atoms with Gasteiger partial charge in [0.1, 0.15) is 5.82 Å². The molecule has 0 bridgehead atoms. The molecule has 1 amide bonds. The van der Waals surface area contributed by atoms with Crippen LogP contribution in [0.15, 0.2) is 10.2 Å². The summed E-state index contributed by atoms with van der Waals surface area (Å²) in [6.07, 6.45) is 7.36. The van der Waals surface area contributed by atoms with Crippen molar-refractivity contribution in [3.63, 3.8) is 0 Å². The third-order valence-corrected chi connectivity index (χ3v) is 4.83. The van der Waals surface area contributed by atoms with Gasteiger partial charge in [-0.3, -0.25) is 14.5 Å². The zero-order chi connectivity index (χ0) is 16.4. The number of anilines is 1. The number of hydrogen-bond donors (Lipinski definition) is 1. The Kier molecular flexibility index (Phi) is 4.38. The molecular weight excluding hydrogens is 312 g/mol. The average molecular weight is 330 g/mol. The van der Waals surface area contributed by atoms with Crippen molar-refractivity contribution in [2.24, 2.45) is 0 Å². The zero-order valence-electron chi connectivity index (χ0n) is 13.1. The SMILES string of the molecule is CC(=O)N(C)c1nc(/C=C/c2nc3c(c(=O)[nH]2)CCCC3)cs1. The summed E-state index contributed by atoms with van der Waals surface area (Å²) >= 11 is 1.40. The number of thiazole rings is 1. The molecule has 0 unspecified atom stereocenters. The van der Waals surface area contributed by atoms with E-state index in [1.54, 1.807) is 19.2 Å². The van der Waals surface area contributed by atoms with Gasteiger partial charge < -0.3 is 4.98 Å². The lowest BCUT2D eigenvalue weighted by molar-refractivity contribution is -0.116. The molecule has 0 saturated heterocycles. The second kappa shape index (κ2) is 6.45. The summed E-state index contributed by atoms with van der Waals surface area (Å²) in [4.78, 5) is 36.6. The van der Waals surface area contributed by atoms with Crippen LogP contribution >= 0.6 is 11.3 Å². The number of fused-ring (bicyclic) bond motifs is 1. The van der Waals surface area contributed by atoms with Crippen molar-refractivity contribution in [1.82, 2.24) is 15.0 Å². The van der Waals surface area contributed by atoms with Crippen LogP contribution < -0.4 is 10.5 Å². The molecule has 0 spiro atoms. The van der Waals surface area contributed by atoms with E-state index in [0.29, 0.717) is 11.0 Å². The smallest absolute Gasteiger partial charge is 0.254 e. The van der Waals surface area contributed by atoms with Gasteiger partial charge in [0.15, 0.2) is 5.13 Å². The molecule has 7 heteroatoms. The van der Waals surface area contributed by atoms with Crippen LogP contribution in [0.5, 0.6) is 0 Å². The maximum Gasteiger partial charge on any atom is 0.254 e. The molecule has 2 aromatic heterocycles. The Hall–Kier alpha value is -2.28. The number of rotatable bonds is 3. The minimum atomic E-state index is -0.0597. The van der Waals surface area contributed by atoms with Gasteiger partial charge in [-0.25, -0.2) is 9.97 Å². The van der Waals surface area contributed by atoms with Crippen molar-refractivity contribution < 1.29 is 4.79 Å². The molecule has 1 aliphatic rings. The van der Waals surface area contributed by atoms with E-state index in [1.165, 1.54) is 23.2 Å². The van der Waals surface area contributed by atoms with Crippen LogP contribution in [0.4, 0.5) is 5.13 Å². The lowest BCUT2D eigenvalue weighted by Crippen LogP contribution is -2.22. The molecule has 0 aromatic carbocycles. The number of nitrogens with zero attached hydrogens (tertiary/aromatic N) is 3. The first kappa shape index (κ1) is 15.6. The molecule has 0 aliphatic heterocycles. The summed E-state index contributed by atoms with van der Waals surface area (Å²) in [5, 5.41) is 2.51. The molecular formula is C16H18N4O2S. The molecule has 1 N–H and O–H groups in total. The topological polar surface area (TPSA) is 79.0 Å². The molecule has 6 nitrogen and oxygen atoms in total. The fourth-order valence-corrected chi connectivity index (χ4v) is 3.31. The molecule has 2 aromatic rings. The highest BCUT2D eigenvalue weighted by Gasteiger charge is 2.14. The molecule has 2 heterocycles. The quantitative estimate of drug-likeness (QED) is 0.936. The molecule has 0 saturated carbocycles. The summed E-state index contributed by atoms with van der Waals surface area (Å²) in [6, 6.07) is 0. The van der Waals surface area contributed by atoms with Gasteiger partial charge in [-0.1, -0.05) is 0 Å². The van der Waals surface area contributed by atoms with E-state index in [0.717, 1.165) is 42.6 Å². The minimum Gasteiger partial charge on any atom is -0.307 e. The Bertz CT molecular complexity index is 822. The van der Waals surface area contributed by atoms with E-state index in [1.807, 2.05) is 5.38 Å². The van der Waals surface area contributed by atoms with Crippen molar-refractivity contribution in [1.29, 1.82) is 0 Å². The Morgan fingerprint density at radius 2 is 2.09 bits per heavy atom. The largest absolute Gasteiger partial charge is 0.307 e. The van der Waals surface area contributed by atoms with Crippen LogP contribution in [0.2, 0.25) is 0 Å². The predicted molar refractivity (Wildman–Crippen MR) is 91.6 cm³/mol. The van der Waals surface area contributed by atoms with Gasteiger partial charge in [-0.2, -0.15) is 0 Å². The van der Waals surface area contributed by atoms with Gasteiger partial charge in [-0.05, 0) is 37.8 Å². The summed E-state index contributed by atoms with van der Waals surface area (Å²) in [5.74, 6) is 0.487. The van der Waals surface area contributed by atoms with Crippen molar-refractivity contribution >= 4 is 34.5 Å². The fraction of sp³-hybridized carbons (Fsp3) is 0.375. The maximum absolute atomic E-state index is 12.1. The van der Waals surface area contributed by atoms with Crippen molar-refractivity contribution in [2.45, 2.75) is 32.6 Å². The highest BCUT2D eigenvalue weighted by Crippen LogP contribution is 2.21. The number of aromatic nitrogens is 3. The first-order valence-corrected chi connectivity index (χ1v) is 8.42. The van der Waals surface area contributed by atoms with E-state index in [2.05, 4.69) is 15.0 Å². The van der Waals surface area contributed by atoms with Crippen LogP contribution in [0.25, 0.3) is 12.2 Å². The molecule has 23 heavy (non-hydrogen) atoms. The first-order valence-electron chi connectivity index (χ1n) is 7.54. The number of aromatic amines is 1. The Balaban J connectivity index is 1.82. The number of amides is 1. The van der Waals surface area contributed by atoms with E-state index in [9.17, 15) is 9.59 Å². The Morgan fingerprint density at radius 1 is 1.30 bits per heavy atom. The second-order valence-corrected chi connectivity index (χ2v) is 6.39. The fourth-order valence-electron chi connectivity index (χ4n) is 2.51. The number of hydrogen-bond acceptors (Lipinski definition) is 5. The molecule has 0 atom stereocenters. The number of aryl methyl sites for hydroxylation is 1. The number of carbonyl (C=O) groups excluding carboxylic acids is 1. The van der Waals surface area contributed by atoms with Crippen molar-refractivity contribution in [3.05, 3.63) is 38.5 Å². The minimum absolute atomic E-state index is 0.0374. The molecule has 1 aliphatic carbocycles. The molecule has 0 fully saturated rings. The highest BCUT2D eigenvalue weighted by atomic mass is 32.1. The van der Waals surface area contributed by atoms with E-state index < -0.39 is 0 Å².